The summed E-state index contributed by atoms with van der Waals surface area (Å²) < 4.78 is 148. The zero-order valence-electron chi connectivity index (χ0n) is 40.3. The van der Waals surface area contributed by atoms with E-state index in [1.54, 1.807) is 28.8 Å². The van der Waals surface area contributed by atoms with E-state index < -0.39 is 131 Å². The molecule has 46 heavy (non-hydrogen) atoms. The second-order valence-electron chi connectivity index (χ2n) is 9.85. The smallest absolute Gasteiger partial charge is 0.238 e. The van der Waals surface area contributed by atoms with Gasteiger partial charge in [0.1, 0.15) is 5.01 Å². The molecule has 9 aromatic rings. The van der Waals surface area contributed by atoms with Crippen LogP contribution in [0, 0.1) is 0 Å². The van der Waals surface area contributed by atoms with Crippen molar-refractivity contribution in [1.82, 2.24) is 24.5 Å². The molecule has 0 aliphatic carbocycles. The number of aromatic nitrogens is 5. The molecular weight excluding hydrogens is 583 g/mol. The van der Waals surface area contributed by atoms with Crippen molar-refractivity contribution in [2.24, 2.45) is 0 Å². The SMILES string of the molecule is [2H]c1c([2H])c([2H])c(-c2nc3c([2H])c(-c4nc(-c5c([2H])c([2H])c(-c6c([2H])c([2H])c([2H])c([2H])c6[2H])c([2H])c5[2H])nc(-n5c6ccccc6c6ccccc65)n4)c([2H])c([2H])c3s2)c([2H])c1[2H]. The van der Waals surface area contributed by atoms with E-state index >= 15 is 0 Å². The zero-order valence-corrected chi connectivity index (χ0v) is 24.1. The van der Waals surface area contributed by atoms with E-state index in [4.69, 9.17) is 22.8 Å². The van der Waals surface area contributed by atoms with Crippen LogP contribution in [0.4, 0.5) is 0 Å². The van der Waals surface area contributed by atoms with Gasteiger partial charge >= 0.3 is 0 Å². The Labute approximate surface area is 293 Å². The molecule has 0 aliphatic heterocycles. The number of para-hydroxylation sites is 2. The Kier molecular flexibility index (Phi) is 3.41. The van der Waals surface area contributed by atoms with Gasteiger partial charge in [-0.1, -0.05) is 121 Å². The average Bonchev–Trinajstić information content (AvgIpc) is 3.87. The fourth-order valence-corrected chi connectivity index (χ4v) is 5.91. The molecule has 216 valence electrons. The summed E-state index contributed by atoms with van der Waals surface area (Å²) in [6.07, 6.45) is 0. The Hall–Kier alpha value is -5.98. The molecule has 0 fully saturated rings. The molecule has 0 atom stereocenters. The van der Waals surface area contributed by atoms with Crippen molar-refractivity contribution in [1.29, 1.82) is 0 Å². The van der Waals surface area contributed by atoms with Crippen LogP contribution in [0.15, 0.2) is 151 Å². The number of rotatable bonds is 5. The van der Waals surface area contributed by atoms with Crippen LogP contribution >= 0.6 is 11.3 Å². The van der Waals surface area contributed by atoms with Gasteiger partial charge in [-0.3, -0.25) is 4.57 Å². The van der Waals surface area contributed by atoms with Gasteiger partial charge in [-0.25, -0.2) is 9.97 Å². The van der Waals surface area contributed by atoms with E-state index in [9.17, 15) is 5.48 Å². The van der Waals surface area contributed by atoms with E-state index in [2.05, 4.69) is 15.0 Å². The van der Waals surface area contributed by atoms with Crippen molar-refractivity contribution < 1.29 is 23.3 Å². The molecule has 0 amide bonds. The molecule has 3 heterocycles. The first-order valence-electron chi connectivity index (χ1n) is 22.3. The van der Waals surface area contributed by atoms with Gasteiger partial charge < -0.3 is 0 Å². The summed E-state index contributed by atoms with van der Waals surface area (Å²) >= 11 is 0.760. The molecule has 5 nitrogen and oxygen atoms in total. The first kappa shape index (κ1) is 14.4. The zero-order chi connectivity index (χ0) is 45.2. The maximum atomic E-state index is 9.39. The highest BCUT2D eigenvalue weighted by Crippen LogP contribution is 2.35. The molecule has 6 aromatic carbocycles. The van der Waals surface area contributed by atoms with E-state index in [-0.39, 0.29) is 32.3 Å². The topological polar surface area (TPSA) is 56.5 Å². The third kappa shape index (κ3) is 4.55. The third-order valence-corrected chi connectivity index (χ3v) is 8.10. The second-order valence-corrected chi connectivity index (χ2v) is 10.8. The summed E-state index contributed by atoms with van der Waals surface area (Å²) in [5, 5.41) is 1.46. The Balaban J connectivity index is 1.36. The van der Waals surface area contributed by atoms with Crippen LogP contribution in [0.3, 0.4) is 0 Å². The van der Waals surface area contributed by atoms with Crippen LogP contribution in [-0.2, 0) is 0 Å². The maximum Gasteiger partial charge on any atom is 0.238 e. The van der Waals surface area contributed by atoms with Gasteiger partial charge in [0.25, 0.3) is 0 Å². The molecule has 0 N–H and O–H groups in total. The quantitative estimate of drug-likeness (QED) is 0.191. The molecule has 0 unspecified atom stereocenters. The Bertz CT molecular complexity index is 3370. The van der Waals surface area contributed by atoms with Gasteiger partial charge in [-0.2, -0.15) is 9.97 Å². The number of thiazole rings is 1. The Morgan fingerprint density at radius 3 is 1.72 bits per heavy atom. The fourth-order valence-electron chi connectivity index (χ4n) is 5.08. The summed E-state index contributed by atoms with van der Waals surface area (Å²) in [5.41, 5.74) is -1.22. The lowest BCUT2D eigenvalue weighted by atomic mass is 10.0. The summed E-state index contributed by atoms with van der Waals surface area (Å²) in [4.78, 5) is 18.4. The van der Waals surface area contributed by atoms with Crippen molar-refractivity contribution in [3.05, 3.63) is 151 Å². The first-order valence-corrected chi connectivity index (χ1v) is 14.6. The highest BCUT2D eigenvalue weighted by Gasteiger charge is 2.18. The molecule has 0 bridgehead atoms. The minimum atomic E-state index is -0.773. The summed E-state index contributed by atoms with van der Waals surface area (Å²) in [5.74, 6) is -1.03. The largest absolute Gasteiger partial charge is 0.278 e. The van der Waals surface area contributed by atoms with Crippen molar-refractivity contribution in [2.45, 2.75) is 0 Å². The third-order valence-electron chi connectivity index (χ3n) is 7.11. The van der Waals surface area contributed by atoms with Crippen molar-refractivity contribution in [3.8, 4) is 50.4 Å². The molecule has 3 aromatic heterocycles. The highest BCUT2D eigenvalue weighted by molar-refractivity contribution is 7.21. The maximum absolute atomic E-state index is 9.39. The van der Waals surface area contributed by atoms with E-state index in [1.807, 2.05) is 24.3 Å². The van der Waals surface area contributed by atoms with Gasteiger partial charge in [-0.05, 0) is 41.4 Å². The predicted molar refractivity (Wildman–Crippen MR) is 189 cm³/mol. The number of benzene rings is 6. The van der Waals surface area contributed by atoms with E-state index in [0.717, 1.165) is 22.1 Å². The minimum absolute atomic E-state index is 0.00437. The van der Waals surface area contributed by atoms with Crippen LogP contribution in [0.1, 0.15) is 23.3 Å². The van der Waals surface area contributed by atoms with Crippen LogP contribution in [0.5, 0.6) is 0 Å². The second kappa shape index (κ2) is 10.9. The normalized spacial score (nSPS) is 16.7. The Morgan fingerprint density at radius 1 is 0.500 bits per heavy atom. The van der Waals surface area contributed by atoms with Crippen LogP contribution in [-0.4, -0.2) is 24.5 Å². The highest BCUT2D eigenvalue weighted by atomic mass is 32.1. The molecule has 0 saturated heterocycles. The lowest BCUT2D eigenvalue weighted by Crippen LogP contribution is -2.06. The van der Waals surface area contributed by atoms with Gasteiger partial charge in [0.15, 0.2) is 11.6 Å². The van der Waals surface area contributed by atoms with E-state index in [1.165, 1.54) is 0 Å². The lowest BCUT2D eigenvalue weighted by molar-refractivity contribution is 0.953. The molecule has 0 saturated carbocycles. The fraction of sp³-hybridized carbons (Fsp3) is 0. The van der Waals surface area contributed by atoms with Crippen LogP contribution < -0.4 is 0 Å². The molecule has 0 aliphatic rings. The molecular formula is C40H25N5S. The number of nitrogens with zero attached hydrogens (tertiary/aromatic N) is 5. The van der Waals surface area contributed by atoms with E-state index in [0.29, 0.717) is 11.0 Å². The van der Waals surface area contributed by atoms with Gasteiger partial charge in [0, 0.05) is 27.5 Å². The van der Waals surface area contributed by atoms with Crippen LogP contribution in [0.25, 0.3) is 82.4 Å². The van der Waals surface area contributed by atoms with Gasteiger partial charge in [-0.15, -0.1) is 11.3 Å². The van der Waals surface area contributed by atoms with Gasteiger partial charge in [0.2, 0.25) is 5.95 Å². The standard InChI is InChI=1S/C40H25N5S/c1-3-11-26(12-4-1)27-19-21-28(22-20-27)37-42-38(30-23-24-36-33(25-30)41-39(46-36)29-13-5-2-6-14-29)44-40(43-37)45-34-17-9-7-15-31(34)32-16-8-10-18-35(32)45/h1-25H/i1D,2D,3D,4D,5D,6D,11D,12D,13D,14D,19D,20D,21D,22D,23D,24D,25D. The van der Waals surface area contributed by atoms with Crippen molar-refractivity contribution in [3.63, 3.8) is 0 Å². The monoisotopic (exact) mass is 624 g/mol. The first-order chi connectivity index (χ1) is 29.9. The van der Waals surface area contributed by atoms with Crippen molar-refractivity contribution >= 4 is 43.4 Å². The lowest BCUT2D eigenvalue weighted by Gasteiger charge is -2.11. The predicted octanol–water partition coefficient (Wildman–Crippen LogP) is 10.2. The summed E-state index contributed by atoms with van der Waals surface area (Å²) in [6, 6.07) is 3.35. The summed E-state index contributed by atoms with van der Waals surface area (Å²) in [6.45, 7) is 0. The van der Waals surface area contributed by atoms with Gasteiger partial charge in [0.05, 0.1) is 44.6 Å². The molecule has 0 radical (unpaired) electrons. The van der Waals surface area contributed by atoms with Crippen LogP contribution in [0.2, 0.25) is 0 Å². The minimum Gasteiger partial charge on any atom is -0.278 e. The summed E-state index contributed by atoms with van der Waals surface area (Å²) in [7, 11) is 0. The molecule has 0 spiro atoms. The average molecular weight is 625 g/mol. The number of hydrogen-bond donors (Lipinski definition) is 0. The molecule has 6 heteroatoms. The number of fused-ring (bicyclic) bond motifs is 4. The molecule has 9 rings (SSSR count). The Morgan fingerprint density at radius 2 is 1.04 bits per heavy atom. The van der Waals surface area contributed by atoms with Crippen molar-refractivity contribution in [2.75, 3.05) is 0 Å². The number of hydrogen-bond acceptors (Lipinski definition) is 5.